The van der Waals surface area contributed by atoms with E-state index in [0.29, 0.717) is 51.6 Å². The van der Waals surface area contributed by atoms with Gasteiger partial charge < -0.3 is 4.74 Å². The second-order valence-electron chi connectivity index (χ2n) is 7.66. The number of halogens is 2. The van der Waals surface area contributed by atoms with Gasteiger partial charge in [0.2, 0.25) is 0 Å². The quantitative estimate of drug-likeness (QED) is 0.401. The number of thioether (sulfide) groups is 1. The standard InChI is InChI=1S/C21H21Cl2N3O2S/c1-4-26-19(27)15-7-13-10-28-21(2,3)9-17(13)24-18(15)25-20(26)29-11-12-5-6-14(22)8-16(12)23/h5-8H,4,9-11H2,1-3H3. The number of ether oxygens (including phenoxy) is 1. The van der Waals surface area contributed by atoms with Crippen molar-refractivity contribution >= 4 is 46.0 Å². The second kappa shape index (κ2) is 7.91. The molecule has 152 valence electrons. The van der Waals surface area contributed by atoms with E-state index in [-0.39, 0.29) is 11.2 Å². The van der Waals surface area contributed by atoms with Crippen molar-refractivity contribution in [2.24, 2.45) is 0 Å². The van der Waals surface area contributed by atoms with E-state index in [1.165, 1.54) is 11.8 Å². The lowest BCUT2D eigenvalue weighted by molar-refractivity contribution is -0.0411. The van der Waals surface area contributed by atoms with Gasteiger partial charge >= 0.3 is 0 Å². The van der Waals surface area contributed by atoms with Crippen molar-refractivity contribution in [1.29, 1.82) is 0 Å². The molecular formula is C21H21Cl2N3O2S. The molecule has 1 aliphatic heterocycles. The van der Waals surface area contributed by atoms with Gasteiger partial charge in [0.1, 0.15) is 0 Å². The number of hydrogen-bond acceptors (Lipinski definition) is 5. The molecule has 3 heterocycles. The van der Waals surface area contributed by atoms with E-state index in [4.69, 9.17) is 37.9 Å². The molecule has 0 saturated carbocycles. The lowest BCUT2D eigenvalue weighted by Gasteiger charge is -2.31. The van der Waals surface area contributed by atoms with Crippen LogP contribution in [0.3, 0.4) is 0 Å². The first-order valence-corrected chi connectivity index (χ1v) is 11.2. The van der Waals surface area contributed by atoms with E-state index in [2.05, 4.69) is 0 Å². The molecule has 0 bridgehead atoms. The summed E-state index contributed by atoms with van der Waals surface area (Å²) in [6.45, 7) is 7.01. The number of benzene rings is 1. The SMILES string of the molecule is CCn1c(SCc2ccc(Cl)cc2Cl)nc2nc3c(cc2c1=O)COC(C)(C)C3. The Hall–Kier alpha value is -1.60. The Morgan fingerprint density at radius 3 is 2.76 bits per heavy atom. The predicted molar refractivity (Wildman–Crippen MR) is 118 cm³/mol. The summed E-state index contributed by atoms with van der Waals surface area (Å²) in [4.78, 5) is 22.6. The molecule has 0 spiro atoms. The van der Waals surface area contributed by atoms with Gasteiger partial charge in [0.05, 0.1) is 23.3 Å². The van der Waals surface area contributed by atoms with Crippen molar-refractivity contribution in [2.75, 3.05) is 0 Å². The summed E-state index contributed by atoms with van der Waals surface area (Å²) in [7, 11) is 0. The van der Waals surface area contributed by atoms with Gasteiger partial charge in [-0.2, -0.15) is 0 Å². The van der Waals surface area contributed by atoms with Gasteiger partial charge in [-0.05, 0) is 44.5 Å². The molecule has 5 nitrogen and oxygen atoms in total. The van der Waals surface area contributed by atoms with Crippen LogP contribution in [-0.4, -0.2) is 20.1 Å². The van der Waals surface area contributed by atoms with Crippen LogP contribution in [0.4, 0.5) is 0 Å². The third-order valence-electron chi connectivity index (χ3n) is 4.98. The van der Waals surface area contributed by atoms with Crippen molar-refractivity contribution in [3.63, 3.8) is 0 Å². The lowest BCUT2D eigenvalue weighted by Crippen LogP contribution is -2.33. The van der Waals surface area contributed by atoms with E-state index in [0.717, 1.165) is 16.8 Å². The summed E-state index contributed by atoms with van der Waals surface area (Å²) in [6.07, 6.45) is 0.694. The minimum absolute atomic E-state index is 0.0812. The van der Waals surface area contributed by atoms with Crippen LogP contribution in [0.5, 0.6) is 0 Å². The van der Waals surface area contributed by atoms with Crippen LogP contribution in [0.15, 0.2) is 34.2 Å². The number of aromatic nitrogens is 3. The fourth-order valence-electron chi connectivity index (χ4n) is 3.38. The summed E-state index contributed by atoms with van der Waals surface area (Å²) < 4.78 is 7.55. The average molecular weight is 450 g/mol. The van der Waals surface area contributed by atoms with Gasteiger partial charge in [0, 0.05) is 34.3 Å². The van der Waals surface area contributed by atoms with Gasteiger partial charge in [-0.25, -0.2) is 9.97 Å². The minimum Gasteiger partial charge on any atom is -0.370 e. The van der Waals surface area contributed by atoms with E-state index in [1.807, 2.05) is 39.0 Å². The number of nitrogens with zero attached hydrogens (tertiary/aromatic N) is 3. The molecule has 0 saturated heterocycles. The zero-order valence-corrected chi connectivity index (χ0v) is 18.8. The lowest BCUT2D eigenvalue weighted by atomic mass is 9.95. The monoisotopic (exact) mass is 449 g/mol. The largest absolute Gasteiger partial charge is 0.370 e. The first kappa shape index (κ1) is 20.7. The van der Waals surface area contributed by atoms with Crippen molar-refractivity contribution in [3.8, 4) is 0 Å². The van der Waals surface area contributed by atoms with Crippen molar-refractivity contribution in [2.45, 2.75) is 56.9 Å². The highest BCUT2D eigenvalue weighted by molar-refractivity contribution is 7.98. The maximum atomic E-state index is 13.1. The third kappa shape index (κ3) is 4.17. The van der Waals surface area contributed by atoms with Crippen LogP contribution in [0.25, 0.3) is 11.0 Å². The van der Waals surface area contributed by atoms with Crippen LogP contribution in [0, 0.1) is 0 Å². The predicted octanol–water partition coefficient (Wildman–Crippen LogP) is 5.26. The summed E-state index contributed by atoms with van der Waals surface area (Å²) in [6, 6.07) is 7.31. The molecular weight excluding hydrogens is 429 g/mol. The Labute approximate surface area is 183 Å². The molecule has 0 N–H and O–H groups in total. The third-order valence-corrected chi connectivity index (χ3v) is 6.59. The van der Waals surface area contributed by atoms with Gasteiger partial charge in [0.15, 0.2) is 10.8 Å². The fourth-order valence-corrected chi connectivity index (χ4v) is 4.99. The zero-order chi connectivity index (χ0) is 20.8. The normalized spacial score (nSPS) is 15.5. The van der Waals surface area contributed by atoms with Crippen molar-refractivity contribution in [1.82, 2.24) is 14.5 Å². The second-order valence-corrected chi connectivity index (χ2v) is 9.44. The van der Waals surface area contributed by atoms with Gasteiger partial charge in [-0.15, -0.1) is 0 Å². The molecule has 29 heavy (non-hydrogen) atoms. The van der Waals surface area contributed by atoms with Crippen molar-refractivity contribution < 1.29 is 4.74 Å². The highest BCUT2D eigenvalue weighted by Crippen LogP contribution is 2.30. The first-order chi connectivity index (χ1) is 13.8. The smallest absolute Gasteiger partial charge is 0.263 e. The van der Waals surface area contributed by atoms with Gasteiger partial charge in [0.25, 0.3) is 5.56 Å². The molecule has 0 amide bonds. The van der Waals surface area contributed by atoms with E-state index in [1.54, 1.807) is 10.6 Å². The fraction of sp³-hybridized carbons (Fsp3) is 0.381. The average Bonchev–Trinajstić information content (AvgIpc) is 2.65. The zero-order valence-electron chi connectivity index (χ0n) is 16.5. The molecule has 4 rings (SSSR count). The number of hydrogen-bond donors (Lipinski definition) is 0. The number of pyridine rings is 1. The van der Waals surface area contributed by atoms with Crippen LogP contribution in [0.1, 0.15) is 37.6 Å². The van der Waals surface area contributed by atoms with Crippen LogP contribution < -0.4 is 5.56 Å². The molecule has 2 aromatic heterocycles. The highest BCUT2D eigenvalue weighted by Gasteiger charge is 2.28. The molecule has 0 radical (unpaired) electrons. The van der Waals surface area contributed by atoms with Gasteiger partial charge in [-0.3, -0.25) is 9.36 Å². The van der Waals surface area contributed by atoms with E-state index < -0.39 is 0 Å². The molecule has 8 heteroatoms. The Morgan fingerprint density at radius 2 is 2.03 bits per heavy atom. The topological polar surface area (TPSA) is 57.0 Å². The molecule has 1 aromatic carbocycles. The first-order valence-electron chi connectivity index (χ1n) is 9.41. The van der Waals surface area contributed by atoms with Crippen LogP contribution in [-0.2, 0) is 30.1 Å². The Kier molecular flexibility index (Phi) is 5.64. The van der Waals surface area contributed by atoms with Gasteiger partial charge in [-0.1, -0.05) is 41.0 Å². The summed E-state index contributed by atoms with van der Waals surface area (Å²) in [5.74, 6) is 0.583. The molecule has 0 atom stereocenters. The molecule has 0 aliphatic carbocycles. The number of fused-ring (bicyclic) bond motifs is 2. The number of rotatable bonds is 4. The van der Waals surface area contributed by atoms with Crippen LogP contribution >= 0.6 is 35.0 Å². The van der Waals surface area contributed by atoms with E-state index in [9.17, 15) is 4.79 Å². The molecule has 3 aromatic rings. The minimum atomic E-state index is -0.269. The maximum absolute atomic E-state index is 13.1. The molecule has 1 aliphatic rings. The Bertz CT molecular complexity index is 1160. The molecule has 0 fully saturated rings. The highest BCUT2D eigenvalue weighted by atomic mass is 35.5. The summed E-state index contributed by atoms with van der Waals surface area (Å²) in [5, 5.41) is 2.36. The molecule has 0 unspecified atom stereocenters. The van der Waals surface area contributed by atoms with E-state index >= 15 is 0 Å². The maximum Gasteiger partial charge on any atom is 0.263 e. The summed E-state index contributed by atoms with van der Waals surface area (Å²) >= 11 is 13.7. The Morgan fingerprint density at radius 1 is 1.24 bits per heavy atom. The van der Waals surface area contributed by atoms with Crippen LogP contribution in [0.2, 0.25) is 10.0 Å². The Balaban J connectivity index is 1.74. The van der Waals surface area contributed by atoms with Crippen molar-refractivity contribution in [3.05, 3.63) is 61.5 Å². The summed E-state index contributed by atoms with van der Waals surface area (Å²) in [5.41, 5.74) is 2.99.